The van der Waals surface area contributed by atoms with Gasteiger partial charge in [0.25, 0.3) is 0 Å². The minimum Gasteiger partial charge on any atom is -0.398 e. The first kappa shape index (κ1) is 11.2. The van der Waals surface area contributed by atoms with Crippen molar-refractivity contribution in [3.8, 4) is 0 Å². The summed E-state index contributed by atoms with van der Waals surface area (Å²) in [5.74, 6) is 0. The predicted molar refractivity (Wildman–Crippen MR) is 69.9 cm³/mol. The SMILES string of the molecule is CCCc1cc(N)c2cc(Cl)cc(C)c2n1. The molecular weight excluding hydrogens is 220 g/mol. The van der Waals surface area contributed by atoms with Crippen LogP contribution < -0.4 is 5.73 Å². The molecule has 0 unspecified atom stereocenters. The summed E-state index contributed by atoms with van der Waals surface area (Å²) in [6, 6.07) is 5.75. The molecule has 0 saturated heterocycles. The molecule has 2 rings (SSSR count). The smallest absolute Gasteiger partial charge is 0.0756 e. The van der Waals surface area contributed by atoms with Gasteiger partial charge in [-0.1, -0.05) is 24.9 Å². The maximum absolute atomic E-state index is 6.03. The summed E-state index contributed by atoms with van der Waals surface area (Å²) in [6.45, 7) is 4.15. The number of rotatable bonds is 2. The Morgan fingerprint density at radius 2 is 2.06 bits per heavy atom. The second kappa shape index (κ2) is 4.30. The Balaban J connectivity index is 2.71. The largest absolute Gasteiger partial charge is 0.398 e. The van der Waals surface area contributed by atoms with Gasteiger partial charge in [-0.3, -0.25) is 4.98 Å². The lowest BCUT2D eigenvalue weighted by Gasteiger charge is -2.08. The normalized spacial score (nSPS) is 10.9. The molecular formula is C13H15ClN2. The second-order valence-electron chi connectivity index (χ2n) is 4.07. The van der Waals surface area contributed by atoms with Gasteiger partial charge in [-0.15, -0.1) is 0 Å². The van der Waals surface area contributed by atoms with E-state index in [-0.39, 0.29) is 0 Å². The summed E-state index contributed by atoms with van der Waals surface area (Å²) in [4.78, 5) is 4.63. The predicted octanol–water partition coefficient (Wildman–Crippen LogP) is 3.73. The fraction of sp³-hybridized carbons (Fsp3) is 0.308. The van der Waals surface area contributed by atoms with E-state index in [0.717, 1.165) is 40.7 Å². The van der Waals surface area contributed by atoms with Crippen LogP contribution in [0.4, 0.5) is 5.69 Å². The number of fused-ring (bicyclic) bond motifs is 1. The van der Waals surface area contributed by atoms with Crippen molar-refractivity contribution < 1.29 is 0 Å². The quantitative estimate of drug-likeness (QED) is 0.860. The number of benzene rings is 1. The Labute approximate surface area is 100 Å². The van der Waals surface area contributed by atoms with Crippen LogP contribution >= 0.6 is 11.6 Å². The third kappa shape index (κ3) is 1.98. The van der Waals surface area contributed by atoms with Crippen molar-refractivity contribution in [2.24, 2.45) is 0 Å². The van der Waals surface area contributed by atoms with E-state index in [1.54, 1.807) is 0 Å². The second-order valence-corrected chi connectivity index (χ2v) is 4.51. The molecule has 16 heavy (non-hydrogen) atoms. The molecule has 0 atom stereocenters. The van der Waals surface area contributed by atoms with Crippen LogP contribution in [0, 0.1) is 6.92 Å². The molecule has 0 aliphatic heterocycles. The van der Waals surface area contributed by atoms with Gasteiger partial charge in [-0.2, -0.15) is 0 Å². The number of nitrogens with zero attached hydrogens (tertiary/aromatic N) is 1. The molecule has 0 aliphatic rings. The van der Waals surface area contributed by atoms with Gasteiger partial charge in [0.15, 0.2) is 0 Å². The molecule has 1 aromatic heterocycles. The van der Waals surface area contributed by atoms with E-state index >= 15 is 0 Å². The first-order valence-corrected chi connectivity index (χ1v) is 5.85. The van der Waals surface area contributed by atoms with Crippen molar-refractivity contribution in [2.75, 3.05) is 5.73 Å². The van der Waals surface area contributed by atoms with E-state index in [4.69, 9.17) is 17.3 Å². The lowest BCUT2D eigenvalue weighted by atomic mass is 10.1. The van der Waals surface area contributed by atoms with Crippen LogP contribution in [-0.4, -0.2) is 4.98 Å². The third-order valence-corrected chi connectivity index (χ3v) is 2.88. The highest BCUT2D eigenvalue weighted by Gasteiger charge is 2.06. The van der Waals surface area contributed by atoms with E-state index < -0.39 is 0 Å². The average molecular weight is 235 g/mol. The van der Waals surface area contributed by atoms with Crippen LogP contribution in [0.15, 0.2) is 18.2 Å². The maximum atomic E-state index is 6.03. The Bertz CT molecular complexity index is 535. The van der Waals surface area contributed by atoms with Crippen LogP contribution in [0.3, 0.4) is 0 Å². The fourth-order valence-electron chi connectivity index (χ4n) is 1.92. The molecule has 0 fully saturated rings. The molecule has 0 radical (unpaired) electrons. The van der Waals surface area contributed by atoms with Crippen molar-refractivity contribution >= 4 is 28.2 Å². The Morgan fingerprint density at radius 1 is 1.31 bits per heavy atom. The number of aromatic nitrogens is 1. The monoisotopic (exact) mass is 234 g/mol. The van der Waals surface area contributed by atoms with E-state index in [0.29, 0.717) is 5.02 Å². The third-order valence-electron chi connectivity index (χ3n) is 2.66. The molecule has 0 bridgehead atoms. The van der Waals surface area contributed by atoms with Crippen molar-refractivity contribution in [1.82, 2.24) is 4.98 Å². The molecule has 0 spiro atoms. The van der Waals surface area contributed by atoms with E-state index in [2.05, 4.69) is 11.9 Å². The first-order valence-electron chi connectivity index (χ1n) is 5.47. The molecule has 0 saturated carbocycles. The topological polar surface area (TPSA) is 38.9 Å². The molecule has 1 aromatic carbocycles. The summed E-state index contributed by atoms with van der Waals surface area (Å²) < 4.78 is 0. The summed E-state index contributed by atoms with van der Waals surface area (Å²) in [6.07, 6.45) is 2.03. The molecule has 2 N–H and O–H groups in total. The number of hydrogen-bond donors (Lipinski definition) is 1. The number of nitrogens with two attached hydrogens (primary N) is 1. The van der Waals surface area contributed by atoms with Gasteiger partial charge < -0.3 is 5.73 Å². The van der Waals surface area contributed by atoms with Gasteiger partial charge in [-0.25, -0.2) is 0 Å². The minimum absolute atomic E-state index is 0.710. The number of hydrogen-bond acceptors (Lipinski definition) is 2. The van der Waals surface area contributed by atoms with Crippen LogP contribution in [-0.2, 0) is 6.42 Å². The number of nitrogen functional groups attached to an aromatic ring is 1. The number of pyridine rings is 1. The molecule has 0 amide bonds. The fourth-order valence-corrected chi connectivity index (χ4v) is 2.19. The maximum Gasteiger partial charge on any atom is 0.0756 e. The van der Waals surface area contributed by atoms with E-state index in [9.17, 15) is 0 Å². The zero-order valence-corrected chi connectivity index (χ0v) is 10.3. The van der Waals surface area contributed by atoms with Gasteiger partial charge in [0.1, 0.15) is 0 Å². The van der Waals surface area contributed by atoms with Gasteiger partial charge in [0.2, 0.25) is 0 Å². The van der Waals surface area contributed by atoms with Crippen LogP contribution in [0.2, 0.25) is 5.02 Å². The van der Waals surface area contributed by atoms with Gasteiger partial charge >= 0.3 is 0 Å². The van der Waals surface area contributed by atoms with Crippen molar-refractivity contribution in [2.45, 2.75) is 26.7 Å². The minimum atomic E-state index is 0.710. The number of halogens is 1. The Morgan fingerprint density at radius 3 is 2.75 bits per heavy atom. The summed E-state index contributed by atoms with van der Waals surface area (Å²) in [5.41, 5.74) is 9.88. The van der Waals surface area contributed by atoms with Gasteiger partial charge in [-0.05, 0) is 37.1 Å². The first-order chi connectivity index (χ1) is 7.61. The van der Waals surface area contributed by atoms with Crippen molar-refractivity contribution in [3.63, 3.8) is 0 Å². The van der Waals surface area contributed by atoms with Gasteiger partial charge in [0, 0.05) is 21.8 Å². The highest BCUT2D eigenvalue weighted by Crippen LogP contribution is 2.27. The summed E-state index contributed by atoms with van der Waals surface area (Å²) >= 11 is 6.01. The molecule has 1 heterocycles. The summed E-state index contributed by atoms with van der Waals surface area (Å²) in [5, 5.41) is 1.66. The lowest BCUT2D eigenvalue weighted by Crippen LogP contribution is -1.97. The molecule has 2 aromatic rings. The Hall–Kier alpha value is -1.28. The van der Waals surface area contributed by atoms with Gasteiger partial charge in [0.05, 0.1) is 5.52 Å². The zero-order valence-electron chi connectivity index (χ0n) is 9.55. The number of aryl methyl sites for hydroxylation is 2. The standard InChI is InChI=1S/C13H15ClN2/c1-3-4-10-7-12(15)11-6-9(14)5-8(2)13(11)16-10/h5-7H,3-4H2,1-2H3,(H2,15,16). The molecule has 2 nitrogen and oxygen atoms in total. The van der Waals surface area contributed by atoms with Crippen molar-refractivity contribution in [3.05, 3.63) is 34.5 Å². The van der Waals surface area contributed by atoms with Crippen LogP contribution in [0.25, 0.3) is 10.9 Å². The average Bonchev–Trinajstić information content (AvgIpc) is 2.20. The number of anilines is 1. The van der Waals surface area contributed by atoms with Crippen LogP contribution in [0.5, 0.6) is 0 Å². The molecule has 0 aliphatic carbocycles. The molecule has 3 heteroatoms. The van der Waals surface area contributed by atoms with Crippen molar-refractivity contribution in [1.29, 1.82) is 0 Å². The lowest BCUT2D eigenvalue weighted by molar-refractivity contribution is 0.890. The molecule has 84 valence electrons. The van der Waals surface area contributed by atoms with E-state index in [1.807, 2.05) is 25.1 Å². The Kier molecular flexibility index (Phi) is 3.01. The summed E-state index contributed by atoms with van der Waals surface area (Å²) in [7, 11) is 0. The zero-order chi connectivity index (χ0) is 11.7. The van der Waals surface area contributed by atoms with Crippen LogP contribution in [0.1, 0.15) is 24.6 Å². The van der Waals surface area contributed by atoms with E-state index in [1.165, 1.54) is 0 Å². The highest BCUT2D eigenvalue weighted by atomic mass is 35.5. The highest BCUT2D eigenvalue weighted by molar-refractivity contribution is 6.31.